The molecule has 0 aliphatic carbocycles. The molecule has 0 saturated carbocycles. The number of nitrogens with one attached hydrogen (secondary N) is 2. The number of Topliss-reactive ketones (excluding diaryl/α,β-unsaturated/α-hetero) is 1. The molecule has 0 aliphatic heterocycles. The highest BCUT2D eigenvalue weighted by Crippen LogP contribution is 2.09. The van der Waals surface area contributed by atoms with Gasteiger partial charge in [0.05, 0.1) is 6.42 Å². The number of ether oxygens (including phenoxy) is 1. The molecule has 0 heterocycles. The minimum absolute atomic E-state index is 0.0132. The van der Waals surface area contributed by atoms with Crippen molar-refractivity contribution in [2.24, 2.45) is 0 Å². The predicted molar refractivity (Wildman–Crippen MR) is 96.7 cm³/mol. The Kier molecular flexibility index (Phi) is 7.49. The number of aryl methyl sites for hydroxylation is 1. The number of urea groups is 1. The minimum atomic E-state index is -1.14. The highest BCUT2D eigenvalue weighted by Gasteiger charge is 2.22. The highest BCUT2D eigenvalue weighted by atomic mass is 16.5. The first-order valence-electron chi connectivity index (χ1n) is 8.40. The number of amides is 3. The molecule has 0 bridgehead atoms. The Bertz CT molecular complexity index is 674. The summed E-state index contributed by atoms with van der Waals surface area (Å²) in [6, 6.07) is 6.38. The van der Waals surface area contributed by atoms with E-state index in [1.807, 2.05) is 19.1 Å². The van der Waals surface area contributed by atoms with Crippen molar-refractivity contribution < 1.29 is 23.9 Å². The van der Waals surface area contributed by atoms with Crippen molar-refractivity contribution >= 4 is 23.7 Å². The second-order valence-corrected chi connectivity index (χ2v) is 7.11. The molecule has 2 N–H and O–H groups in total. The van der Waals surface area contributed by atoms with E-state index in [1.54, 1.807) is 32.9 Å². The lowest BCUT2D eigenvalue weighted by molar-refractivity contribution is -0.154. The Morgan fingerprint density at radius 1 is 1.04 bits per heavy atom. The van der Waals surface area contributed by atoms with Gasteiger partial charge in [0.15, 0.2) is 11.9 Å². The summed E-state index contributed by atoms with van der Waals surface area (Å²) in [5, 5.41) is 4.67. The van der Waals surface area contributed by atoms with Crippen molar-refractivity contribution in [3.8, 4) is 0 Å². The summed E-state index contributed by atoms with van der Waals surface area (Å²) in [5.41, 5.74) is 1.06. The summed E-state index contributed by atoms with van der Waals surface area (Å²) in [4.78, 5) is 47.3. The van der Waals surface area contributed by atoms with Gasteiger partial charge in [0, 0.05) is 17.5 Å². The number of rotatable bonds is 6. The van der Waals surface area contributed by atoms with Crippen LogP contribution >= 0.6 is 0 Å². The van der Waals surface area contributed by atoms with Crippen molar-refractivity contribution in [1.82, 2.24) is 10.6 Å². The van der Waals surface area contributed by atoms with Crippen LogP contribution in [0.25, 0.3) is 0 Å². The maximum Gasteiger partial charge on any atom is 0.321 e. The van der Waals surface area contributed by atoms with Crippen LogP contribution in [0.5, 0.6) is 0 Å². The Morgan fingerprint density at radius 2 is 1.62 bits per heavy atom. The third-order valence-corrected chi connectivity index (χ3v) is 3.33. The van der Waals surface area contributed by atoms with Crippen LogP contribution in [0, 0.1) is 6.92 Å². The van der Waals surface area contributed by atoms with Crippen LogP contribution < -0.4 is 10.6 Å². The van der Waals surface area contributed by atoms with Gasteiger partial charge in [-0.25, -0.2) is 4.79 Å². The van der Waals surface area contributed by atoms with Crippen molar-refractivity contribution in [1.29, 1.82) is 0 Å². The van der Waals surface area contributed by atoms with Crippen LogP contribution in [-0.2, 0) is 14.3 Å². The van der Waals surface area contributed by atoms with Gasteiger partial charge < -0.3 is 10.1 Å². The smallest absolute Gasteiger partial charge is 0.321 e. The molecular weight excluding hydrogens is 336 g/mol. The molecule has 7 nitrogen and oxygen atoms in total. The van der Waals surface area contributed by atoms with E-state index < -0.39 is 29.6 Å². The van der Waals surface area contributed by atoms with Crippen molar-refractivity contribution in [2.75, 3.05) is 0 Å². The van der Waals surface area contributed by atoms with Gasteiger partial charge in [0.1, 0.15) is 0 Å². The summed E-state index contributed by atoms with van der Waals surface area (Å²) in [7, 11) is 0. The van der Waals surface area contributed by atoms with Gasteiger partial charge >= 0.3 is 12.0 Å². The number of carbonyl (C=O) groups excluding carboxylic acids is 4. The fraction of sp³-hybridized carbons (Fsp3) is 0.474. The van der Waals surface area contributed by atoms with Crippen molar-refractivity contribution in [2.45, 2.75) is 59.1 Å². The maximum atomic E-state index is 12.0. The number of ketones is 1. The quantitative estimate of drug-likeness (QED) is 0.598. The first kappa shape index (κ1) is 21.3. The first-order valence-corrected chi connectivity index (χ1v) is 8.40. The van der Waals surface area contributed by atoms with Crippen LogP contribution in [0.1, 0.15) is 56.5 Å². The topological polar surface area (TPSA) is 102 Å². The fourth-order valence-corrected chi connectivity index (χ4v) is 1.99. The van der Waals surface area contributed by atoms with Gasteiger partial charge in [0.2, 0.25) is 0 Å². The summed E-state index contributed by atoms with van der Waals surface area (Å²) in [6.45, 7) is 8.59. The molecule has 26 heavy (non-hydrogen) atoms. The molecule has 0 saturated heterocycles. The van der Waals surface area contributed by atoms with E-state index in [2.05, 4.69) is 10.6 Å². The Labute approximate surface area is 153 Å². The second-order valence-electron chi connectivity index (χ2n) is 7.11. The molecule has 0 spiro atoms. The van der Waals surface area contributed by atoms with Crippen LogP contribution in [0.4, 0.5) is 4.79 Å². The number of hydrogen-bond donors (Lipinski definition) is 2. The van der Waals surface area contributed by atoms with E-state index in [9.17, 15) is 19.2 Å². The molecule has 1 atom stereocenters. The van der Waals surface area contributed by atoms with E-state index in [-0.39, 0.29) is 18.6 Å². The average molecular weight is 362 g/mol. The van der Waals surface area contributed by atoms with Crippen molar-refractivity contribution in [3.05, 3.63) is 35.4 Å². The van der Waals surface area contributed by atoms with Gasteiger partial charge in [-0.15, -0.1) is 0 Å². The predicted octanol–water partition coefficient (Wildman–Crippen LogP) is 2.51. The number of benzene rings is 1. The molecule has 0 fully saturated rings. The van der Waals surface area contributed by atoms with E-state index in [0.717, 1.165) is 5.56 Å². The Balaban J connectivity index is 2.41. The number of esters is 1. The summed E-state index contributed by atoms with van der Waals surface area (Å²) in [5.74, 6) is -1.59. The van der Waals surface area contributed by atoms with E-state index in [0.29, 0.717) is 5.56 Å². The SMILES string of the molecule is Cc1ccc(C(=O)CCC(=O)O[C@@H](C)C(=O)NC(=O)NC(C)(C)C)cc1. The lowest BCUT2D eigenvalue weighted by Crippen LogP contribution is -2.50. The Hall–Kier alpha value is -2.70. The monoisotopic (exact) mass is 362 g/mol. The standard InChI is InChI=1S/C19H26N2O5/c1-12-6-8-14(9-7-12)15(22)10-11-16(23)26-13(2)17(24)20-18(25)21-19(3,4)5/h6-9,13H,10-11H2,1-5H3,(H2,20,21,24,25)/t13-/m0/s1. The fourth-order valence-electron chi connectivity index (χ4n) is 1.99. The highest BCUT2D eigenvalue weighted by molar-refractivity contribution is 5.99. The molecule has 0 unspecified atom stereocenters. The van der Waals surface area contributed by atoms with Gasteiger partial charge in [-0.2, -0.15) is 0 Å². The molecule has 0 aromatic heterocycles. The summed E-state index contributed by atoms with van der Waals surface area (Å²) >= 11 is 0. The molecule has 7 heteroatoms. The average Bonchev–Trinajstić information content (AvgIpc) is 2.51. The molecule has 3 amide bonds. The lowest BCUT2D eigenvalue weighted by atomic mass is 10.1. The van der Waals surface area contributed by atoms with Crippen LogP contribution in [0.3, 0.4) is 0 Å². The zero-order valence-electron chi connectivity index (χ0n) is 15.8. The zero-order chi connectivity index (χ0) is 19.9. The molecule has 142 valence electrons. The molecule has 1 aromatic rings. The van der Waals surface area contributed by atoms with Gasteiger partial charge in [0.25, 0.3) is 5.91 Å². The molecular formula is C19H26N2O5. The maximum absolute atomic E-state index is 12.0. The van der Waals surface area contributed by atoms with Crippen LogP contribution in [-0.4, -0.2) is 35.3 Å². The Morgan fingerprint density at radius 3 is 2.15 bits per heavy atom. The molecule has 1 rings (SSSR count). The van der Waals surface area contributed by atoms with Gasteiger partial charge in [-0.1, -0.05) is 29.8 Å². The third-order valence-electron chi connectivity index (χ3n) is 3.33. The number of imide groups is 1. The van der Waals surface area contributed by atoms with Gasteiger partial charge in [-0.3, -0.25) is 19.7 Å². The summed E-state index contributed by atoms with van der Waals surface area (Å²) in [6.07, 6.45) is -1.29. The lowest BCUT2D eigenvalue weighted by Gasteiger charge is -2.21. The van der Waals surface area contributed by atoms with Crippen LogP contribution in [0.2, 0.25) is 0 Å². The minimum Gasteiger partial charge on any atom is -0.453 e. The molecule has 0 radical (unpaired) electrons. The zero-order valence-corrected chi connectivity index (χ0v) is 15.8. The van der Waals surface area contributed by atoms with E-state index in [1.165, 1.54) is 6.92 Å². The first-order chi connectivity index (χ1) is 12.0. The van der Waals surface area contributed by atoms with Gasteiger partial charge in [-0.05, 0) is 34.6 Å². The number of carbonyl (C=O) groups is 4. The van der Waals surface area contributed by atoms with E-state index >= 15 is 0 Å². The van der Waals surface area contributed by atoms with Crippen LogP contribution in [0.15, 0.2) is 24.3 Å². The van der Waals surface area contributed by atoms with Crippen molar-refractivity contribution in [3.63, 3.8) is 0 Å². The third kappa shape index (κ3) is 7.92. The largest absolute Gasteiger partial charge is 0.453 e. The van der Waals surface area contributed by atoms with E-state index in [4.69, 9.17) is 4.74 Å². The second kappa shape index (κ2) is 9.12. The number of hydrogen-bond acceptors (Lipinski definition) is 5. The normalized spacial score (nSPS) is 12.0. The summed E-state index contributed by atoms with van der Waals surface area (Å²) < 4.78 is 4.97. The molecule has 0 aliphatic rings. The molecule has 1 aromatic carbocycles.